The van der Waals surface area contributed by atoms with Gasteiger partial charge in [-0.05, 0) is 30.3 Å². The second-order valence-corrected chi connectivity index (χ2v) is 14.8. The largest absolute Gasteiger partial charge is 0.395 e. The Hall–Kier alpha value is -5.90. The van der Waals surface area contributed by atoms with Crippen molar-refractivity contribution in [2.45, 2.75) is 36.0 Å². The zero-order chi connectivity index (χ0) is 38.6. The molecule has 0 amide bonds. The summed E-state index contributed by atoms with van der Waals surface area (Å²) in [6.07, 6.45) is 1.02. The molecular formula is C30H33N13O8S2. The topological polar surface area (TPSA) is 308 Å². The maximum Gasteiger partial charge on any atom is 0.296 e. The highest BCUT2D eigenvalue weighted by Crippen LogP contribution is 2.41. The molecule has 0 spiro atoms. The average molecular weight is 768 g/mol. The van der Waals surface area contributed by atoms with E-state index in [2.05, 4.69) is 46.2 Å². The maximum absolute atomic E-state index is 12.3. The lowest BCUT2D eigenvalue weighted by atomic mass is 9.91. The molecule has 53 heavy (non-hydrogen) atoms. The van der Waals surface area contributed by atoms with Gasteiger partial charge in [-0.1, -0.05) is 39.0 Å². The van der Waals surface area contributed by atoms with Crippen LogP contribution >= 0.6 is 0 Å². The molecule has 5 rings (SSSR count). The summed E-state index contributed by atoms with van der Waals surface area (Å²) in [5.41, 5.74) is -0.484. The Bertz CT molecular complexity index is 2390. The number of rotatable bonds is 14. The molecule has 2 aromatic carbocycles. The van der Waals surface area contributed by atoms with Crippen LogP contribution in [0.1, 0.15) is 32.0 Å². The van der Waals surface area contributed by atoms with Gasteiger partial charge in [0.15, 0.2) is 17.3 Å². The van der Waals surface area contributed by atoms with Crippen LogP contribution in [0.2, 0.25) is 0 Å². The van der Waals surface area contributed by atoms with Crippen molar-refractivity contribution in [1.29, 1.82) is 5.26 Å². The van der Waals surface area contributed by atoms with Crippen LogP contribution in [0.4, 0.5) is 35.2 Å². The third-order valence-electron chi connectivity index (χ3n) is 7.07. The van der Waals surface area contributed by atoms with Gasteiger partial charge in [0.2, 0.25) is 17.8 Å². The monoisotopic (exact) mass is 767 g/mol. The van der Waals surface area contributed by atoms with E-state index in [4.69, 9.17) is 5.10 Å². The van der Waals surface area contributed by atoms with Crippen LogP contribution < -0.4 is 16.0 Å². The standard InChI is InChI=1S/C30H33N13O8S2/c1-30(2,3)24-23(39-40-25-18(16-31)17-34-43(25)21-15-20(52(46,47)48)9-10-22(21)53(49,50)51)26(42(41-24)19-7-5-4-6-8-19)35-29-37-27(32-11-13-44)36-28(38-29)33-12-14-45/h4-10,15,17,44-45H,11-14H2,1-3H3,(H,46,47,48)(H,49,50,51)(H3,32,33,35,36,37,38). The number of aromatic nitrogens is 7. The predicted octanol–water partition coefficient (Wildman–Crippen LogP) is 2.87. The number of azo groups is 1. The van der Waals surface area contributed by atoms with Crippen molar-refractivity contribution in [3.05, 3.63) is 66.0 Å². The first-order valence-electron chi connectivity index (χ1n) is 15.5. The number of para-hydroxylation sites is 1. The summed E-state index contributed by atoms with van der Waals surface area (Å²) >= 11 is 0. The Morgan fingerprint density at radius 2 is 1.47 bits per heavy atom. The van der Waals surface area contributed by atoms with Gasteiger partial charge in [-0.15, -0.1) is 10.2 Å². The predicted molar refractivity (Wildman–Crippen MR) is 189 cm³/mol. The van der Waals surface area contributed by atoms with E-state index in [-0.39, 0.29) is 67.0 Å². The van der Waals surface area contributed by atoms with Crippen molar-refractivity contribution >= 4 is 55.4 Å². The van der Waals surface area contributed by atoms with Gasteiger partial charge in [-0.2, -0.15) is 47.2 Å². The minimum Gasteiger partial charge on any atom is -0.395 e. The van der Waals surface area contributed by atoms with E-state index in [0.29, 0.717) is 11.4 Å². The number of benzene rings is 2. The van der Waals surface area contributed by atoms with E-state index < -0.39 is 41.1 Å². The molecule has 0 saturated heterocycles. The highest BCUT2D eigenvalue weighted by molar-refractivity contribution is 7.86. The van der Waals surface area contributed by atoms with Crippen molar-refractivity contribution in [1.82, 2.24) is 34.5 Å². The molecular weight excluding hydrogens is 735 g/mol. The van der Waals surface area contributed by atoms with Gasteiger partial charge in [0.25, 0.3) is 20.2 Å². The molecule has 0 aliphatic heterocycles. The first kappa shape index (κ1) is 38.3. The summed E-state index contributed by atoms with van der Waals surface area (Å²) in [6, 6.07) is 13.0. The van der Waals surface area contributed by atoms with Crippen LogP contribution in [0.15, 0.2) is 74.7 Å². The van der Waals surface area contributed by atoms with Crippen molar-refractivity contribution in [2.75, 3.05) is 42.3 Å². The summed E-state index contributed by atoms with van der Waals surface area (Å²) in [7, 11) is -9.88. The summed E-state index contributed by atoms with van der Waals surface area (Å²) < 4.78 is 70.6. The van der Waals surface area contributed by atoms with Crippen molar-refractivity contribution in [2.24, 2.45) is 10.2 Å². The Labute approximate surface area is 302 Å². The number of hydrogen-bond acceptors (Lipinski definition) is 17. The number of anilines is 4. The molecule has 0 bridgehead atoms. The first-order valence-corrected chi connectivity index (χ1v) is 18.3. The highest BCUT2D eigenvalue weighted by Gasteiger charge is 2.30. The van der Waals surface area contributed by atoms with E-state index in [1.165, 1.54) is 4.68 Å². The van der Waals surface area contributed by atoms with Gasteiger partial charge in [0.05, 0.1) is 41.4 Å². The number of hydrogen-bond donors (Lipinski definition) is 7. The first-order chi connectivity index (χ1) is 25.0. The van der Waals surface area contributed by atoms with Gasteiger partial charge >= 0.3 is 0 Å². The summed E-state index contributed by atoms with van der Waals surface area (Å²) in [5.74, 6) is -0.0989. The van der Waals surface area contributed by atoms with Gasteiger partial charge in [-0.3, -0.25) is 9.11 Å². The molecule has 0 aliphatic carbocycles. The van der Waals surface area contributed by atoms with Crippen LogP contribution in [-0.4, -0.2) is 97.0 Å². The average Bonchev–Trinajstić information content (AvgIpc) is 3.69. The molecule has 7 N–H and O–H groups in total. The van der Waals surface area contributed by atoms with Crippen LogP contribution in [0.25, 0.3) is 11.4 Å². The molecule has 23 heteroatoms. The number of nitriles is 1. The van der Waals surface area contributed by atoms with Crippen molar-refractivity contribution < 1.29 is 36.2 Å². The van der Waals surface area contributed by atoms with E-state index in [1.807, 2.05) is 26.8 Å². The third-order valence-corrected chi connectivity index (χ3v) is 8.82. The summed E-state index contributed by atoms with van der Waals surface area (Å²) in [5, 5.41) is 55.1. The molecule has 0 atom stereocenters. The minimum atomic E-state index is -5.01. The molecule has 5 aromatic rings. The summed E-state index contributed by atoms with van der Waals surface area (Å²) in [6.45, 7) is 5.35. The number of aliphatic hydroxyl groups is 2. The highest BCUT2D eigenvalue weighted by atomic mass is 32.2. The van der Waals surface area contributed by atoms with Crippen LogP contribution in [-0.2, 0) is 25.7 Å². The molecule has 0 saturated carbocycles. The van der Waals surface area contributed by atoms with Crippen molar-refractivity contribution in [3.8, 4) is 17.4 Å². The number of nitrogens with one attached hydrogen (secondary N) is 3. The molecule has 3 heterocycles. The fraction of sp³-hybridized carbons (Fsp3) is 0.267. The minimum absolute atomic E-state index is 0.0301. The van der Waals surface area contributed by atoms with Gasteiger partial charge in [0.1, 0.15) is 16.5 Å². The quantitative estimate of drug-likeness (QED) is 0.0631. The van der Waals surface area contributed by atoms with Crippen LogP contribution in [0, 0.1) is 11.3 Å². The molecule has 278 valence electrons. The lowest BCUT2D eigenvalue weighted by Gasteiger charge is -2.15. The fourth-order valence-corrected chi connectivity index (χ4v) is 5.89. The maximum atomic E-state index is 12.3. The normalized spacial score (nSPS) is 12.2. The SMILES string of the molecule is CC(C)(C)c1nn(-c2ccccc2)c(Nc2nc(NCCO)nc(NCCO)n2)c1N=Nc1c(C#N)cnn1-c1cc(S(=O)(=O)O)ccc1S(=O)(=O)O. The Kier molecular flexibility index (Phi) is 11.1. The Balaban J connectivity index is 1.76. The van der Waals surface area contributed by atoms with Crippen LogP contribution in [0.5, 0.6) is 0 Å². The molecule has 0 radical (unpaired) electrons. The smallest absolute Gasteiger partial charge is 0.296 e. The Morgan fingerprint density at radius 3 is 2.02 bits per heavy atom. The molecule has 3 aromatic heterocycles. The molecule has 21 nitrogen and oxygen atoms in total. The second kappa shape index (κ2) is 15.4. The molecule has 0 unspecified atom stereocenters. The molecule has 0 aliphatic rings. The van der Waals surface area contributed by atoms with Crippen LogP contribution in [0.3, 0.4) is 0 Å². The molecule has 0 fully saturated rings. The third kappa shape index (κ3) is 8.77. The lowest BCUT2D eigenvalue weighted by molar-refractivity contribution is 0.310. The Morgan fingerprint density at radius 1 is 0.849 bits per heavy atom. The number of aliphatic hydroxyl groups excluding tert-OH is 2. The van der Waals surface area contributed by atoms with E-state index in [9.17, 15) is 41.4 Å². The van der Waals surface area contributed by atoms with E-state index >= 15 is 0 Å². The van der Waals surface area contributed by atoms with E-state index in [1.54, 1.807) is 30.3 Å². The summed E-state index contributed by atoms with van der Waals surface area (Å²) in [4.78, 5) is 11.5. The van der Waals surface area contributed by atoms with Gasteiger partial charge in [-0.25, -0.2) is 9.36 Å². The van der Waals surface area contributed by atoms with Gasteiger partial charge < -0.3 is 26.2 Å². The van der Waals surface area contributed by atoms with Crippen molar-refractivity contribution in [3.63, 3.8) is 0 Å². The van der Waals surface area contributed by atoms with Gasteiger partial charge in [0, 0.05) is 18.5 Å². The zero-order valence-electron chi connectivity index (χ0n) is 28.2. The fourth-order valence-electron chi connectivity index (χ4n) is 4.74. The lowest BCUT2D eigenvalue weighted by Crippen LogP contribution is -2.15. The number of nitrogens with zero attached hydrogens (tertiary/aromatic N) is 10. The second-order valence-electron chi connectivity index (χ2n) is 12.0. The van der Waals surface area contributed by atoms with E-state index in [0.717, 1.165) is 29.1 Å². The zero-order valence-corrected chi connectivity index (χ0v) is 29.9.